The van der Waals surface area contributed by atoms with Crippen molar-refractivity contribution in [3.63, 3.8) is 0 Å². The molecule has 0 saturated carbocycles. The largest absolute Gasteiger partial charge is 0.433 e. The first kappa shape index (κ1) is 13.3. The van der Waals surface area contributed by atoms with Crippen molar-refractivity contribution in [2.24, 2.45) is 0 Å². The van der Waals surface area contributed by atoms with Gasteiger partial charge in [-0.15, -0.1) is 0 Å². The van der Waals surface area contributed by atoms with Crippen LogP contribution in [0.1, 0.15) is 17.1 Å². The van der Waals surface area contributed by atoms with Crippen LogP contribution in [-0.2, 0) is 12.7 Å². The third-order valence-electron chi connectivity index (χ3n) is 2.67. The van der Waals surface area contributed by atoms with Crippen LogP contribution in [-0.4, -0.2) is 24.7 Å². The molecule has 10 heteroatoms. The number of aromatic nitrogens is 5. The zero-order valence-electron chi connectivity index (χ0n) is 10.7. The minimum Gasteiger partial charge on any atom is -0.364 e. The first-order valence-electron chi connectivity index (χ1n) is 5.87. The third kappa shape index (κ3) is 2.64. The molecule has 0 bridgehead atoms. The van der Waals surface area contributed by atoms with Gasteiger partial charge < -0.3 is 9.84 Å². The average molecular weight is 298 g/mol. The summed E-state index contributed by atoms with van der Waals surface area (Å²) in [7, 11) is 0. The number of rotatable bonds is 3. The van der Waals surface area contributed by atoms with Crippen LogP contribution >= 0.6 is 0 Å². The summed E-state index contributed by atoms with van der Waals surface area (Å²) in [6.07, 6.45) is -3.43. The molecule has 3 aromatic heterocycles. The Kier molecular flexibility index (Phi) is 3.00. The maximum Gasteiger partial charge on any atom is 0.433 e. The lowest BCUT2D eigenvalue weighted by molar-refractivity contribution is -0.141. The van der Waals surface area contributed by atoms with E-state index in [9.17, 15) is 13.2 Å². The van der Waals surface area contributed by atoms with Crippen LogP contribution in [0, 0.1) is 6.92 Å². The number of aryl methyl sites for hydroxylation is 1. The van der Waals surface area contributed by atoms with Crippen LogP contribution in [0.3, 0.4) is 0 Å². The number of hydrogen-bond acceptors (Lipinski definition) is 6. The molecule has 0 amide bonds. The summed E-state index contributed by atoms with van der Waals surface area (Å²) in [5, 5.41) is 10.4. The second kappa shape index (κ2) is 4.72. The van der Waals surface area contributed by atoms with E-state index in [0.29, 0.717) is 11.5 Å². The normalized spacial score (nSPS) is 12.0. The molecule has 3 aromatic rings. The topological polar surface area (TPSA) is 81.1 Å². The molecule has 0 aromatic carbocycles. The zero-order chi connectivity index (χ0) is 15.0. The number of alkyl halides is 3. The summed E-state index contributed by atoms with van der Waals surface area (Å²) in [6.45, 7) is 1.91. The van der Waals surface area contributed by atoms with Gasteiger partial charge in [-0.25, -0.2) is 4.98 Å². The maximum absolute atomic E-state index is 12.8. The monoisotopic (exact) mass is 298 g/mol. The van der Waals surface area contributed by atoms with Gasteiger partial charge in [0, 0.05) is 12.1 Å². The number of fused-ring (bicyclic) bond motifs is 1. The second-order valence-corrected chi connectivity index (χ2v) is 4.28. The predicted octanol–water partition coefficient (Wildman–Crippen LogP) is 2.05. The van der Waals surface area contributed by atoms with Gasteiger partial charge in [0.1, 0.15) is 23.6 Å². The lowest BCUT2D eigenvalue weighted by Crippen LogP contribution is -2.13. The van der Waals surface area contributed by atoms with Crippen molar-refractivity contribution in [2.45, 2.75) is 19.6 Å². The molecule has 0 saturated heterocycles. The number of halogens is 3. The fourth-order valence-electron chi connectivity index (χ4n) is 1.77. The summed E-state index contributed by atoms with van der Waals surface area (Å²) < 4.78 is 44.4. The highest BCUT2D eigenvalue weighted by Crippen LogP contribution is 2.29. The quantitative estimate of drug-likeness (QED) is 0.797. The molecule has 3 rings (SSSR count). The van der Waals surface area contributed by atoms with Crippen LogP contribution in [0.15, 0.2) is 23.0 Å². The van der Waals surface area contributed by atoms with Crippen molar-refractivity contribution < 1.29 is 17.7 Å². The van der Waals surface area contributed by atoms with Crippen LogP contribution in [0.5, 0.6) is 0 Å². The summed E-state index contributed by atoms with van der Waals surface area (Å²) >= 11 is 0. The van der Waals surface area contributed by atoms with Gasteiger partial charge in [0.25, 0.3) is 5.78 Å². The number of nitrogens with one attached hydrogen (secondary N) is 1. The van der Waals surface area contributed by atoms with E-state index in [-0.39, 0.29) is 18.1 Å². The molecule has 0 radical (unpaired) electrons. The van der Waals surface area contributed by atoms with Gasteiger partial charge >= 0.3 is 6.18 Å². The molecule has 0 unspecified atom stereocenters. The van der Waals surface area contributed by atoms with E-state index < -0.39 is 11.9 Å². The van der Waals surface area contributed by atoms with Gasteiger partial charge in [0.2, 0.25) is 0 Å². The van der Waals surface area contributed by atoms with Crippen LogP contribution in [0.25, 0.3) is 5.78 Å². The summed E-state index contributed by atoms with van der Waals surface area (Å²) in [6, 6.07) is 2.55. The SMILES string of the molecule is Cc1cc(CNc2cc(C(F)(F)F)nc3ncnn23)no1. The molecule has 0 spiro atoms. The molecule has 110 valence electrons. The molecular weight excluding hydrogens is 289 g/mol. The summed E-state index contributed by atoms with van der Waals surface area (Å²) in [5.41, 5.74) is -0.479. The lowest BCUT2D eigenvalue weighted by Gasteiger charge is -2.10. The van der Waals surface area contributed by atoms with Crippen molar-refractivity contribution in [3.8, 4) is 0 Å². The Morgan fingerprint density at radius 1 is 1.33 bits per heavy atom. The Balaban J connectivity index is 1.94. The van der Waals surface area contributed by atoms with E-state index in [2.05, 4.69) is 25.5 Å². The average Bonchev–Trinajstić information content (AvgIpc) is 3.03. The summed E-state index contributed by atoms with van der Waals surface area (Å²) in [4.78, 5) is 7.10. The Hall–Kier alpha value is -2.65. The zero-order valence-corrected chi connectivity index (χ0v) is 10.7. The van der Waals surface area contributed by atoms with Gasteiger partial charge in [0.15, 0.2) is 5.69 Å². The van der Waals surface area contributed by atoms with E-state index in [1.165, 1.54) is 4.52 Å². The van der Waals surface area contributed by atoms with Gasteiger partial charge in [-0.2, -0.15) is 27.8 Å². The van der Waals surface area contributed by atoms with E-state index in [1.807, 2.05) is 0 Å². The van der Waals surface area contributed by atoms with Crippen LogP contribution in [0.4, 0.5) is 19.0 Å². The maximum atomic E-state index is 12.8. The molecule has 21 heavy (non-hydrogen) atoms. The van der Waals surface area contributed by atoms with Gasteiger partial charge in [0.05, 0.1) is 6.54 Å². The van der Waals surface area contributed by atoms with Crippen molar-refractivity contribution in [3.05, 3.63) is 35.6 Å². The smallest absolute Gasteiger partial charge is 0.364 e. The standard InChI is InChI=1S/C11H9F3N6O/c1-6-2-7(19-21-6)4-15-9-3-8(11(12,13)14)18-10-16-5-17-20(9)10/h2-3,5,15H,4H2,1H3. The Labute approximate surface area is 115 Å². The highest BCUT2D eigenvalue weighted by Gasteiger charge is 2.34. The first-order valence-corrected chi connectivity index (χ1v) is 5.87. The molecule has 0 aliphatic rings. The number of anilines is 1. The third-order valence-corrected chi connectivity index (χ3v) is 2.67. The molecule has 0 aliphatic heterocycles. The van der Waals surface area contributed by atoms with Crippen molar-refractivity contribution in [1.29, 1.82) is 0 Å². The van der Waals surface area contributed by atoms with Crippen LogP contribution < -0.4 is 5.32 Å². The minimum atomic E-state index is -4.56. The van der Waals surface area contributed by atoms with E-state index in [4.69, 9.17) is 4.52 Å². The Morgan fingerprint density at radius 2 is 2.14 bits per heavy atom. The molecule has 1 N–H and O–H groups in total. The first-order chi connectivity index (χ1) is 9.93. The minimum absolute atomic E-state index is 0.116. The molecule has 3 heterocycles. The molecule has 0 aliphatic carbocycles. The van der Waals surface area contributed by atoms with Crippen molar-refractivity contribution >= 4 is 11.6 Å². The Bertz CT molecular complexity index is 778. The van der Waals surface area contributed by atoms with E-state index in [1.54, 1.807) is 13.0 Å². The predicted molar refractivity (Wildman–Crippen MR) is 64.4 cm³/mol. The Morgan fingerprint density at radius 3 is 2.81 bits per heavy atom. The second-order valence-electron chi connectivity index (χ2n) is 4.28. The molecular formula is C11H9F3N6O. The van der Waals surface area contributed by atoms with Gasteiger partial charge in [-0.05, 0) is 6.92 Å². The highest BCUT2D eigenvalue weighted by atomic mass is 19.4. The van der Waals surface area contributed by atoms with Gasteiger partial charge in [-0.3, -0.25) is 0 Å². The van der Waals surface area contributed by atoms with Crippen molar-refractivity contribution in [2.75, 3.05) is 5.32 Å². The fraction of sp³-hybridized carbons (Fsp3) is 0.273. The van der Waals surface area contributed by atoms with E-state index in [0.717, 1.165) is 12.4 Å². The molecule has 0 fully saturated rings. The van der Waals surface area contributed by atoms with Crippen molar-refractivity contribution in [1.82, 2.24) is 24.7 Å². The number of nitrogens with zero attached hydrogens (tertiary/aromatic N) is 5. The van der Waals surface area contributed by atoms with E-state index >= 15 is 0 Å². The number of hydrogen-bond donors (Lipinski definition) is 1. The molecule has 0 atom stereocenters. The fourth-order valence-corrected chi connectivity index (χ4v) is 1.77. The summed E-state index contributed by atoms with van der Waals surface area (Å²) in [5.74, 6) is 0.595. The van der Waals surface area contributed by atoms with Crippen LogP contribution in [0.2, 0.25) is 0 Å². The lowest BCUT2D eigenvalue weighted by atomic mass is 10.3. The molecule has 7 nitrogen and oxygen atoms in total. The highest BCUT2D eigenvalue weighted by molar-refractivity contribution is 5.45. The van der Waals surface area contributed by atoms with Gasteiger partial charge in [-0.1, -0.05) is 5.16 Å².